The van der Waals surface area contributed by atoms with Crippen LogP contribution >= 0.6 is 0 Å². The van der Waals surface area contributed by atoms with Gasteiger partial charge >= 0.3 is 12.3 Å². The average molecular weight is 330 g/mol. The summed E-state index contributed by atoms with van der Waals surface area (Å²) in [6.45, 7) is 4.30. The number of ether oxygens (including phenoxy) is 2. The fourth-order valence-corrected chi connectivity index (χ4v) is 1.48. The smallest absolute Gasteiger partial charge is 0.411 e. The van der Waals surface area contributed by atoms with Gasteiger partial charge in [0.05, 0.1) is 12.7 Å². The van der Waals surface area contributed by atoms with E-state index in [2.05, 4.69) is 10.1 Å². The second-order valence-electron chi connectivity index (χ2n) is 5.98. The maximum atomic E-state index is 11.9. The van der Waals surface area contributed by atoms with E-state index in [0.29, 0.717) is 13.1 Å². The maximum Gasteiger partial charge on any atom is 0.411 e. The molecular weight excluding hydrogens is 305 g/mol. The van der Waals surface area contributed by atoms with Crippen molar-refractivity contribution in [2.75, 3.05) is 39.9 Å². The van der Waals surface area contributed by atoms with Gasteiger partial charge in [-0.1, -0.05) is 0 Å². The minimum atomic E-state index is -4.40. The van der Waals surface area contributed by atoms with Crippen LogP contribution in [0.3, 0.4) is 0 Å². The minimum Gasteiger partial charge on any atom is -0.444 e. The second-order valence-corrected chi connectivity index (χ2v) is 5.98. The molecule has 0 saturated heterocycles. The lowest BCUT2D eigenvalue weighted by Gasteiger charge is -2.22. The number of hydrogen-bond acceptors (Lipinski definition) is 5. The fourth-order valence-electron chi connectivity index (χ4n) is 1.48. The Kier molecular flexibility index (Phi) is 8.72. The highest BCUT2D eigenvalue weighted by Crippen LogP contribution is 2.14. The molecule has 0 fully saturated rings. The number of nitrogens with one attached hydrogen (secondary N) is 1. The predicted octanol–water partition coefficient (Wildman–Crippen LogP) is 1.38. The third-order valence-electron chi connectivity index (χ3n) is 2.26. The predicted molar refractivity (Wildman–Crippen MR) is 74.6 cm³/mol. The molecule has 132 valence electrons. The van der Waals surface area contributed by atoms with E-state index in [1.807, 2.05) is 0 Å². The summed E-state index contributed by atoms with van der Waals surface area (Å²) in [6, 6.07) is 0. The quantitative estimate of drug-likeness (QED) is 0.704. The standard InChI is InChI=1S/C13H25F3N2O4/c1-12(2,3)22-11(20)17-5-6-18(4)7-10(19)8-21-9-13(14,15)16/h10,19H,5-9H2,1-4H3,(H,17,20)/t10-/m0/s1. The van der Waals surface area contributed by atoms with Crippen LogP contribution in [0.25, 0.3) is 0 Å². The van der Waals surface area contributed by atoms with E-state index in [0.717, 1.165) is 0 Å². The molecule has 6 nitrogen and oxygen atoms in total. The van der Waals surface area contributed by atoms with Crippen molar-refractivity contribution in [2.24, 2.45) is 0 Å². The van der Waals surface area contributed by atoms with Crippen LogP contribution < -0.4 is 5.32 Å². The number of amides is 1. The normalized spacial score (nSPS) is 14.0. The van der Waals surface area contributed by atoms with E-state index in [1.54, 1.807) is 32.7 Å². The molecule has 0 spiro atoms. The van der Waals surface area contributed by atoms with Crippen molar-refractivity contribution < 1.29 is 32.5 Å². The van der Waals surface area contributed by atoms with Gasteiger partial charge in [0.25, 0.3) is 0 Å². The van der Waals surface area contributed by atoms with Gasteiger partial charge in [0.15, 0.2) is 0 Å². The number of carbonyl (C=O) groups is 1. The van der Waals surface area contributed by atoms with E-state index in [4.69, 9.17) is 4.74 Å². The number of aliphatic hydroxyl groups is 1. The van der Waals surface area contributed by atoms with Crippen LogP contribution in [-0.2, 0) is 9.47 Å². The van der Waals surface area contributed by atoms with Gasteiger partial charge in [-0.2, -0.15) is 13.2 Å². The summed E-state index contributed by atoms with van der Waals surface area (Å²) in [7, 11) is 1.67. The fraction of sp³-hybridized carbons (Fsp3) is 0.923. The zero-order valence-corrected chi connectivity index (χ0v) is 13.4. The SMILES string of the molecule is CN(CCNC(=O)OC(C)(C)C)C[C@H](O)COCC(F)(F)F. The first kappa shape index (κ1) is 20.9. The molecule has 0 unspecified atom stereocenters. The van der Waals surface area contributed by atoms with Crippen LogP contribution in [0.5, 0.6) is 0 Å². The van der Waals surface area contributed by atoms with Gasteiger partial charge in [0.1, 0.15) is 12.2 Å². The summed E-state index contributed by atoms with van der Waals surface area (Å²) in [6.07, 6.45) is -5.98. The van der Waals surface area contributed by atoms with E-state index in [-0.39, 0.29) is 6.54 Å². The monoisotopic (exact) mass is 330 g/mol. The molecule has 0 heterocycles. The van der Waals surface area contributed by atoms with Crippen LogP contribution in [0.15, 0.2) is 0 Å². The Morgan fingerprint density at radius 3 is 2.41 bits per heavy atom. The first-order valence-electron chi connectivity index (χ1n) is 6.87. The van der Waals surface area contributed by atoms with Crippen LogP contribution in [0.1, 0.15) is 20.8 Å². The maximum absolute atomic E-state index is 11.9. The molecule has 2 N–H and O–H groups in total. The van der Waals surface area contributed by atoms with Crippen LogP contribution in [-0.4, -0.2) is 73.9 Å². The number of rotatable bonds is 8. The van der Waals surface area contributed by atoms with Gasteiger partial charge in [-0.15, -0.1) is 0 Å². The number of aliphatic hydroxyl groups excluding tert-OH is 1. The highest BCUT2D eigenvalue weighted by Gasteiger charge is 2.27. The summed E-state index contributed by atoms with van der Waals surface area (Å²) in [5, 5.41) is 12.1. The lowest BCUT2D eigenvalue weighted by molar-refractivity contribution is -0.179. The third-order valence-corrected chi connectivity index (χ3v) is 2.26. The Hall–Kier alpha value is -1.06. The van der Waals surface area contributed by atoms with Gasteiger partial charge in [-0.25, -0.2) is 4.79 Å². The van der Waals surface area contributed by atoms with Crippen molar-refractivity contribution in [3.8, 4) is 0 Å². The summed E-state index contributed by atoms with van der Waals surface area (Å²) in [5.41, 5.74) is -0.581. The van der Waals surface area contributed by atoms with Gasteiger partial charge in [0, 0.05) is 19.6 Å². The lowest BCUT2D eigenvalue weighted by Crippen LogP contribution is -2.39. The topological polar surface area (TPSA) is 71.0 Å². The molecule has 0 bridgehead atoms. The molecule has 0 aromatic heterocycles. The van der Waals surface area contributed by atoms with Gasteiger partial charge in [0.2, 0.25) is 0 Å². The van der Waals surface area contributed by atoms with Gasteiger partial charge in [-0.3, -0.25) is 0 Å². The van der Waals surface area contributed by atoms with Crippen molar-refractivity contribution in [1.82, 2.24) is 10.2 Å². The van der Waals surface area contributed by atoms with Crippen molar-refractivity contribution in [3.63, 3.8) is 0 Å². The average Bonchev–Trinajstić information content (AvgIpc) is 2.23. The second kappa shape index (κ2) is 9.16. The Morgan fingerprint density at radius 2 is 1.91 bits per heavy atom. The molecule has 0 aliphatic rings. The van der Waals surface area contributed by atoms with Crippen molar-refractivity contribution in [3.05, 3.63) is 0 Å². The molecule has 0 aromatic rings. The first-order chi connectivity index (χ1) is 9.89. The number of likely N-dealkylation sites (N-methyl/N-ethyl adjacent to an activating group) is 1. The molecule has 1 amide bonds. The number of alkyl carbamates (subject to hydrolysis) is 1. The Balaban J connectivity index is 3.76. The van der Waals surface area contributed by atoms with E-state index < -0.39 is 37.2 Å². The molecule has 0 aliphatic heterocycles. The number of nitrogens with zero attached hydrogens (tertiary/aromatic N) is 1. The zero-order chi connectivity index (χ0) is 17.4. The Morgan fingerprint density at radius 1 is 1.32 bits per heavy atom. The van der Waals surface area contributed by atoms with E-state index in [9.17, 15) is 23.1 Å². The molecule has 9 heteroatoms. The first-order valence-corrected chi connectivity index (χ1v) is 6.87. The van der Waals surface area contributed by atoms with Crippen LogP contribution in [0, 0.1) is 0 Å². The number of alkyl halides is 3. The summed E-state index contributed by atoms with van der Waals surface area (Å²) in [4.78, 5) is 13.0. The van der Waals surface area contributed by atoms with Crippen LogP contribution in [0.4, 0.5) is 18.0 Å². The molecule has 0 radical (unpaired) electrons. The third kappa shape index (κ3) is 13.9. The molecule has 0 aromatic carbocycles. The highest BCUT2D eigenvalue weighted by molar-refractivity contribution is 5.67. The molecule has 1 atom stereocenters. The molecule has 22 heavy (non-hydrogen) atoms. The minimum absolute atomic E-state index is 0.133. The van der Waals surface area contributed by atoms with Crippen molar-refractivity contribution in [1.29, 1.82) is 0 Å². The molecule has 0 aliphatic carbocycles. The molecular formula is C13H25F3N2O4. The number of halogens is 3. The molecule has 0 saturated carbocycles. The van der Waals surface area contributed by atoms with E-state index >= 15 is 0 Å². The largest absolute Gasteiger partial charge is 0.444 e. The molecule has 0 rings (SSSR count). The Bertz CT molecular complexity index is 332. The van der Waals surface area contributed by atoms with Crippen LogP contribution in [0.2, 0.25) is 0 Å². The summed E-state index contributed by atoms with van der Waals surface area (Å²) < 4.78 is 45.0. The number of carbonyl (C=O) groups excluding carboxylic acids is 1. The Labute approximate surface area is 128 Å². The van der Waals surface area contributed by atoms with Gasteiger partial charge < -0.3 is 24.8 Å². The highest BCUT2D eigenvalue weighted by atomic mass is 19.4. The van der Waals surface area contributed by atoms with E-state index in [1.165, 1.54) is 0 Å². The van der Waals surface area contributed by atoms with Crippen molar-refractivity contribution >= 4 is 6.09 Å². The number of hydrogen-bond donors (Lipinski definition) is 2. The zero-order valence-electron chi connectivity index (χ0n) is 13.4. The summed E-state index contributed by atoms with van der Waals surface area (Å²) >= 11 is 0. The van der Waals surface area contributed by atoms with Crippen molar-refractivity contribution in [2.45, 2.75) is 38.7 Å². The lowest BCUT2D eigenvalue weighted by atomic mass is 10.2. The summed E-state index contributed by atoms with van der Waals surface area (Å²) in [5.74, 6) is 0. The van der Waals surface area contributed by atoms with Gasteiger partial charge in [-0.05, 0) is 27.8 Å².